The van der Waals surface area contributed by atoms with Gasteiger partial charge in [0.1, 0.15) is 0 Å². The Labute approximate surface area is 286 Å². The second-order valence-corrected chi connectivity index (χ2v) is 12.7. The van der Waals surface area contributed by atoms with Crippen molar-refractivity contribution in [2.45, 2.75) is 0 Å². The second kappa shape index (κ2) is 12.3. The first-order valence-electron chi connectivity index (χ1n) is 16.8. The summed E-state index contributed by atoms with van der Waals surface area (Å²) in [7, 11) is 0. The number of aromatic nitrogens is 1. The van der Waals surface area contributed by atoms with E-state index in [0.29, 0.717) is 0 Å². The van der Waals surface area contributed by atoms with E-state index >= 15 is 0 Å². The monoisotopic (exact) mass is 623 g/mol. The van der Waals surface area contributed by atoms with Crippen molar-refractivity contribution in [2.75, 3.05) is 0 Å². The predicted octanol–water partition coefficient (Wildman–Crippen LogP) is 13.3. The molecule has 0 saturated carbocycles. The molecule has 0 spiro atoms. The number of aromatic amines is 1. The fourth-order valence-electron chi connectivity index (χ4n) is 7.04. The van der Waals surface area contributed by atoms with Crippen LogP contribution in [0.25, 0.3) is 88.4 Å². The fraction of sp³-hybridized carbons (Fsp3) is 0. The number of rotatable bonds is 6. The van der Waals surface area contributed by atoms with Gasteiger partial charge < -0.3 is 4.98 Å². The van der Waals surface area contributed by atoms with Crippen LogP contribution >= 0.6 is 0 Å². The van der Waals surface area contributed by atoms with Gasteiger partial charge in [-0.25, -0.2) is 0 Å². The minimum absolute atomic E-state index is 1.14. The maximum absolute atomic E-state index is 3.49. The van der Waals surface area contributed by atoms with Crippen LogP contribution in [0.4, 0.5) is 0 Å². The first kappa shape index (κ1) is 28.8. The Balaban J connectivity index is 0.949. The molecule has 9 aromatic rings. The maximum Gasteiger partial charge on any atom is 0.0460 e. The number of hydrogen-bond donors (Lipinski definition) is 1. The van der Waals surface area contributed by atoms with Gasteiger partial charge in [-0.3, -0.25) is 0 Å². The number of nitrogens with one attached hydrogen (secondary N) is 1. The van der Waals surface area contributed by atoms with Crippen molar-refractivity contribution in [3.05, 3.63) is 194 Å². The number of benzene rings is 8. The number of hydrogen-bond acceptors (Lipinski definition) is 0. The van der Waals surface area contributed by atoms with E-state index in [2.05, 4.69) is 199 Å². The van der Waals surface area contributed by atoms with Gasteiger partial charge in [0.15, 0.2) is 0 Å². The molecule has 0 fully saturated rings. The summed E-state index contributed by atoms with van der Waals surface area (Å²) in [6.07, 6.45) is 2.13. The quantitative estimate of drug-likeness (QED) is 0.190. The SMILES string of the molecule is c1ccc(-c2ccc(-c3ccc(-c4c[nH]c5ccc(-c6ccc(-c7ccc(-c8cccc9ccccc89)cc7)cc6)cc45)cc3)cc2)cc1. The highest BCUT2D eigenvalue weighted by molar-refractivity contribution is 5.99. The zero-order chi connectivity index (χ0) is 32.6. The van der Waals surface area contributed by atoms with Gasteiger partial charge >= 0.3 is 0 Å². The highest BCUT2D eigenvalue weighted by Crippen LogP contribution is 2.35. The highest BCUT2D eigenvalue weighted by Gasteiger charge is 2.10. The van der Waals surface area contributed by atoms with Gasteiger partial charge in [0.05, 0.1) is 0 Å². The Bertz CT molecular complexity index is 2530. The average molecular weight is 624 g/mol. The molecule has 230 valence electrons. The van der Waals surface area contributed by atoms with Crippen LogP contribution in [0.3, 0.4) is 0 Å². The number of fused-ring (bicyclic) bond motifs is 2. The molecule has 49 heavy (non-hydrogen) atoms. The van der Waals surface area contributed by atoms with Gasteiger partial charge in [-0.05, 0) is 84.1 Å². The summed E-state index contributed by atoms with van der Waals surface area (Å²) in [4.78, 5) is 3.49. The molecule has 0 unspecified atom stereocenters. The van der Waals surface area contributed by atoms with E-state index in [1.807, 2.05) is 0 Å². The van der Waals surface area contributed by atoms with Crippen LogP contribution in [0.1, 0.15) is 0 Å². The van der Waals surface area contributed by atoms with Crippen molar-refractivity contribution in [1.29, 1.82) is 0 Å². The van der Waals surface area contributed by atoms with Crippen molar-refractivity contribution in [2.24, 2.45) is 0 Å². The minimum Gasteiger partial charge on any atom is -0.361 e. The molecule has 0 aliphatic rings. The normalized spacial score (nSPS) is 11.3. The molecule has 0 atom stereocenters. The van der Waals surface area contributed by atoms with Crippen LogP contribution in [0.2, 0.25) is 0 Å². The first-order valence-corrected chi connectivity index (χ1v) is 16.8. The largest absolute Gasteiger partial charge is 0.361 e. The van der Waals surface area contributed by atoms with Crippen LogP contribution < -0.4 is 0 Å². The van der Waals surface area contributed by atoms with E-state index in [4.69, 9.17) is 0 Å². The third kappa shape index (κ3) is 5.52. The van der Waals surface area contributed by atoms with Crippen LogP contribution in [-0.2, 0) is 0 Å². The van der Waals surface area contributed by atoms with Crippen molar-refractivity contribution in [3.8, 4) is 66.8 Å². The molecule has 1 heterocycles. The highest BCUT2D eigenvalue weighted by atomic mass is 14.7. The summed E-state index contributed by atoms with van der Waals surface area (Å²) in [6.45, 7) is 0. The molecular formula is C48H33N. The zero-order valence-corrected chi connectivity index (χ0v) is 27.0. The summed E-state index contributed by atoms with van der Waals surface area (Å²) in [6, 6.07) is 68.0. The van der Waals surface area contributed by atoms with Crippen molar-refractivity contribution < 1.29 is 0 Å². The predicted molar refractivity (Wildman–Crippen MR) is 208 cm³/mol. The van der Waals surface area contributed by atoms with Crippen LogP contribution in [0.5, 0.6) is 0 Å². The molecule has 1 N–H and O–H groups in total. The molecule has 0 radical (unpaired) electrons. The van der Waals surface area contributed by atoms with E-state index in [1.165, 1.54) is 82.9 Å². The van der Waals surface area contributed by atoms with Gasteiger partial charge in [-0.15, -0.1) is 0 Å². The molecular weight excluding hydrogens is 591 g/mol. The zero-order valence-electron chi connectivity index (χ0n) is 27.0. The molecule has 9 rings (SSSR count). The lowest BCUT2D eigenvalue weighted by Gasteiger charge is -2.09. The van der Waals surface area contributed by atoms with Crippen LogP contribution in [-0.4, -0.2) is 4.98 Å². The van der Waals surface area contributed by atoms with Crippen molar-refractivity contribution in [3.63, 3.8) is 0 Å². The molecule has 1 heteroatoms. The Morgan fingerprint density at radius 2 is 0.694 bits per heavy atom. The molecule has 1 nitrogen and oxygen atoms in total. The van der Waals surface area contributed by atoms with Crippen molar-refractivity contribution >= 4 is 21.7 Å². The molecule has 0 bridgehead atoms. The third-order valence-corrected chi connectivity index (χ3v) is 9.74. The van der Waals surface area contributed by atoms with Gasteiger partial charge in [0, 0.05) is 22.7 Å². The standard InChI is InChI=1S/C48H33N/c1-2-7-33(8-3-1)34-13-15-35(16-14-34)38-23-27-42(28-24-38)47-32-49-48-30-29-43(31-46(47)48)39-19-17-36(18-20-39)37-21-25-41(26-22-37)45-12-6-10-40-9-4-5-11-44(40)45/h1-32,49H. The lowest BCUT2D eigenvalue weighted by Crippen LogP contribution is -1.84. The van der Waals surface area contributed by atoms with E-state index in [0.717, 1.165) is 5.52 Å². The topological polar surface area (TPSA) is 15.8 Å². The lowest BCUT2D eigenvalue weighted by atomic mass is 9.95. The summed E-state index contributed by atoms with van der Waals surface area (Å²) in [5.74, 6) is 0. The molecule has 8 aromatic carbocycles. The van der Waals surface area contributed by atoms with E-state index in [9.17, 15) is 0 Å². The molecule has 1 aromatic heterocycles. The Kier molecular flexibility index (Phi) is 7.22. The Morgan fingerprint density at radius 1 is 0.265 bits per heavy atom. The molecule has 0 aliphatic carbocycles. The van der Waals surface area contributed by atoms with E-state index < -0.39 is 0 Å². The summed E-state index contributed by atoms with van der Waals surface area (Å²) < 4.78 is 0. The third-order valence-electron chi connectivity index (χ3n) is 9.74. The maximum atomic E-state index is 3.49. The second-order valence-electron chi connectivity index (χ2n) is 12.7. The van der Waals surface area contributed by atoms with Gasteiger partial charge in [0.25, 0.3) is 0 Å². The average Bonchev–Trinajstić information content (AvgIpc) is 3.62. The molecule has 0 amide bonds. The number of H-pyrrole nitrogens is 1. The summed E-state index contributed by atoms with van der Waals surface area (Å²) >= 11 is 0. The Hall–Kier alpha value is -6.44. The van der Waals surface area contributed by atoms with E-state index in [-0.39, 0.29) is 0 Å². The van der Waals surface area contributed by atoms with Gasteiger partial charge in [-0.2, -0.15) is 0 Å². The molecule has 0 saturated heterocycles. The van der Waals surface area contributed by atoms with Gasteiger partial charge in [0.2, 0.25) is 0 Å². The van der Waals surface area contributed by atoms with Crippen molar-refractivity contribution in [1.82, 2.24) is 4.98 Å². The van der Waals surface area contributed by atoms with Gasteiger partial charge in [-0.1, -0.05) is 176 Å². The fourth-order valence-corrected chi connectivity index (χ4v) is 7.04. The lowest BCUT2D eigenvalue weighted by molar-refractivity contribution is 1.47. The summed E-state index contributed by atoms with van der Waals surface area (Å²) in [5.41, 5.74) is 15.8. The van der Waals surface area contributed by atoms with Crippen LogP contribution in [0.15, 0.2) is 194 Å². The first-order chi connectivity index (χ1) is 24.3. The smallest absolute Gasteiger partial charge is 0.0460 e. The van der Waals surface area contributed by atoms with E-state index in [1.54, 1.807) is 0 Å². The summed E-state index contributed by atoms with van der Waals surface area (Å²) in [5, 5.41) is 3.78. The Morgan fingerprint density at radius 3 is 1.29 bits per heavy atom. The van der Waals surface area contributed by atoms with Crippen LogP contribution in [0, 0.1) is 0 Å². The minimum atomic E-state index is 1.14. The molecule has 0 aliphatic heterocycles.